The Balaban J connectivity index is 1.59. The number of rotatable bonds is 2. The summed E-state index contributed by atoms with van der Waals surface area (Å²) >= 11 is 0. The van der Waals surface area contributed by atoms with E-state index in [1.165, 1.54) is 24.0 Å². The minimum Gasteiger partial charge on any atom is -0.461 e. The summed E-state index contributed by atoms with van der Waals surface area (Å²) < 4.78 is 5.71. The van der Waals surface area contributed by atoms with Gasteiger partial charge in [-0.25, -0.2) is 0 Å². The van der Waals surface area contributed by atoms with Crippen LogP contribution < -0.4 is 5.32 Å². The molecule has 108 valence electrons. The molecule has 20 heavy (non-hydrogen) atoms. The molecule has 0 amide bonds. The predicted molar refractivity (Wildman–Crippen MR) is 78.3 cm³/mol. The second-order valence-corrected chi connectivity index (χ2v) is 6.24. The molecule has 1 aromatic rings. The first-order valence-corrected chi connectivity index (χ1v) is 7.73. The Morgan fingerprint density at radius 1 is 1.25 bits per heavy atom. The van der Waals surface area contributed by atoms with Crippen molar-refractivity contribution >= 4 is 5.97 Å². The molecule has 0 bridgehead atoms. The van der Waals surface area contributed by atoms with Crippen molar-refractivity contribution in [3.05, 3.63) is 35.4 Å². The summed E-state index contributed by atoms with van der Waals surface area (Å²) in [4.78, 5) is 12.3. The second-order valence-electron chi connectivity index (χ2n) is 6.24. The van der Waals surface area contributed by atoms with Crippen molar-refractivity contribution in [2.24, 2.45) is 5.92 Å². The van der Waals surface area contributed by atoms with Crippen molar-refractivity contribution in [1.29, 1.82) is 0 Å². The molecular weight excluding hydrogens is 250 g/mol. The van der Waals surface area contributed by atoms with Gasteiger partial charge in [0.05, 0.1) is 0 Å². The normalized spacial score (nSPS) is 29.6. The van der Waals surface area contributed by atoms with Crippen LogP contribution in [0.5, 0.6) is 0 Å². The number of nitrogens with one attached hydrogen (secondary N) is 1. The average Bonchev–Trinajstić information content (AvgIpc) is 2.47. The molecule has 2 unspecified atom stereocenters. The molecule has 1 N–H and O–H groups in total. The predicted octanol–water partition coefficient (Wildman–Crippen LogP) is 2.82. The average molecular weight is 273 g/mol. The lowest BCUT2D eigenvalue weighted by Gasteiger charge is -2.30. The largest absolute Gasteiger partial charge is 0.461 e. The van der Waals surface area contributed by atoms with Gasteiger partial charge in [-0.1, -0.05) is 37.6 Å². The van der Waals surface area contributed by atoms with Gasteiger partial charge in [0.25, 0.3) is 0 Å². The third kappa shape index (κ3) is 3.04. The van der Waals surface area contributed by atoms with Crippen LogP contribution in [0.3, 0.4) is 0 Å². The molecule has 0 radical (unpaired) electrons. The summed E-state index contributed by atoms with van der Waals surface area (Å²) in [6, 6.07) is 8.13. The van der Waals surface area contributed by atoms with E-state index >= 15 is 0 Å². The topological polar surface area (TPSA) is 38.3 Å². The van der Waals surface area contributed by atoms with Gasteiger partial charge in [0.15, 0.2) is 0 Å². The third-order valence-corrected chi connectivity index (χ3v) is 4.54. The van der Waals surface area contributed by atoms with Crippen LogP contribution in [-0.4, -0.2) is 18.1 Å². The fraction of sp³-hybridized carbons (Fsp3) is 0.588. The molecule has 1 aromatic carbocycles. The highest BCUT2D eigenvalue weighted by Gasteiger charge is 2.29. The standard InChI is InChI=1S/C17H23NO2/c1-12-5-4-8-15(9-12)20-17(19)16-10-13-6-2-3-7-14(13)11-18-16/h2-3,6-7,12,15-16,18H,4-5,8-11H2,1H3/t12?,15?,16-/m0/s1. The zero-order chi connectivity index (χ0) is 13.9. The molecule has 3 nitrogen and oxygen atoms in total. The Morgan fingerprint density at radius 3 is 2.85 bits per heavy atom. The van der Waals surface area contributed by atoms with Gasteiger partial charge in [-0.05, 0) is 42.7 Å². The molecule has 0 spiro atoms. The summed E-state index contributed by atoms with van der Waals surface area (Å²) in [6.45, 7) is 3.01. The van der Waals surface area contributed by atoms with E-state index in [1.54, 1.807) is 0 Å². The fourth-order valence-corrected chi connectivity index (χ4v) is 3.35. The van der Waals surface area contributed by atoms with Crippen molar-refractivity contribution in [1.82, 2.24) is 5.32 Å². The minimum absolute atomic E-state index is 0.0707. The zero-order valence-corrected chi connectivity index (χ0v) is 12.1. The first-order valence-electron chi connectivity index (χ1n) is 7.73. The number of hydrogen-bond acceptors (Lipinski definition) is 3. The summed E-state index contributed by atoms with van der Waals surface area (Å²) in [5.74, 6) is 0.611. The number of benzene rings is 1. The Bertz CT molecular complexity index is 486. The number of ether oxygens (including phenoxy) is 1. The SMILES string of the molecule is CC1CCCC(OC(=O)[C@@H]2Cc3ccccc3CN2)C1. The molecule has 1 saturated carbocycles. The summed E-state index contributed by atoms with van der Waals surface area (Å²) in [6.07, 6.45) is 5.37. The van der Waals surface area contributed by atoms with Crippen LogP contribution in [0.4, 0.5) is 0 Å². The molecule has 1 fully saturated rings. The smallest absolute Gasteiger partial charge is 0.323 e. The molecule has 0 saturated heterocycles. The number of fused-ring (bicyclic) bond motifs is 1. The molecular formula is C17H23NO2. The molecule has 0 aromatic heterocycles. The van der Waals surface area contributed by atoms with Gasteiger partial charge in [0.2, 0.25) is 0 Å². The molecule has 3 rings (SSSR count). The molecule has 1 aliphatic carbocycles. The number of hydrogen-bond donors (Lipinski definition) is 1. The van der Waals surface area contributed by atoms with E-state index in [-0.39, 0.29) is 18.1 Å². The number of esters is 1. The number of carbonyl (C=O) groups excluding carboxylic acids is 1. The second kappa shape index (κ2) is 5.96. The Kier molecular flexibility index (Phi) is 4.06. The lowest BCUT2D eigenvalue weighted by molar-refractivity contribution is -0.154. The van der Waals surface area contributed by atoms with Crippen LogP contribution in [0.2, 0.25) is 0 Å². The van der Waals surface area contributed by atoms with Crippen molar-refractivity contribution in [2.45, 2.75) is 57.7 Å². The van der Waals surface area contributed by atoms with E-state index in [4.69, 9.17) is 4.74 Å². The highest BCUT2D eigenvalue weighted by atomic mass is 16.5. The zero-order valence-electron chi connectivity index (χ0n) is 12.1. The van der Waals surface area contributed by atoms with E-state index in [9.17, 15) is 4.79 Å². The van der Waals surface area contributed by atoms with Gasteiger partial charge >= 0.3 is 5.97 Å². The molecule has 1 heterocycles. The summed E-state index contributed by atoms with van der Waals surface area (Å²) in [7, 11) is 0. The van der Waals surface area contributed by atoms with E-state index in [0.717, 1.165) is 25.8 Å². The molecule has 2 aliphatic rings. The van der Waals surface area contributed by atoms with Crippen LogP contribution in [0.1, 0.15) is 43.7 Å². The first-order chi connectivity index (χ1) is 9.72. The van der Waals surface area contributed by atoms with Gasteiger partial charge in [0.1, 0.15) is 12.1 Å². The van der Waals surface area contributed by atoms with Gasteiger partial charge in [-0.3, -0.25) is 4.79 Å². The monoisotopic (exact) mass is 273 g/mol. The van der Waals surface area contributed by atoms with E-state index < -0.39 is 0 Å². The van der Waals surface area contributed by atoms with Crippen molar-refractivity contribution < 1.29 is 9.53 Å². The van der Waals surface area contributed by atoms with Gasteiger partial charge in [-0.2, -0.15) is 0 Å². The van der Waals surface area contributed by atoms with Gasteiger partial charge in [-0.15, -0.1) is 0 Å². The maximum Gasteiger partial charge on any atom is 0.323 e. The van der Waals surface area contributed by atoms with Crippen LogP contribution >= 0.6 is 0 Å². The summed E-state index contributed by atoms with van der Waals surface area (Å²) in [5.41, 5.74) is 2.56. The van der Waals surface area contributed by atoms with Crippen LogP contribution in [0.15, 0.2) is 24.3 Å². The van der Waals surface area contributed by atoms with Crippen molar-refractivity contribution in [2.75, 3.05) is 0 Å². The number of carbonyl (C=O) groups is 1. The highest BCUT2D eigenvalue weighted by Crippen LogP contribution is 2.26. The van der Waals surface area contributed by atoms with E-state index in [1.807, 2.05) is 12.1 Å². The van der Waals surface area contributed by atoms with Gasteiger partial charge in [0, 0.05) is 6.54 Å². The fourth-order valence-electron chi connectivity index (χ4n) is 3.35. The molecule has 3 atom stereocenters. The van der Waals surface area contributed by atoms with Crippen LogP contribution in [0, 0.1) is 5.92 Å². The minimum atomic E-state index is -0.179. The Labute approximate surface area is 120 Å². The lowest BCUT2D eigenvalue weighted by atomic mass is 9.88. The van der Waals surface area contributed by atoms with Crippen LogP contribution in [-0.2, 0) is 22.5 Å². The van der Waals surface area contributed by atoms with E-state index in [2.05, 4.69) is 24.4 Å². The van der Waals surface area contributed by atoms with E-state index in [0.29, 0.717) is 5.92 Å². The van der Waals surface area contributed by atoms with Crippen LogP contribution in [0.25, 0.3) is 0 Å². The maximum absolute atomic E-state index is 12.3. The van der Waals surface area contributed by atoms with Crippen molar-refractivity contribution in [3.8, 4) is 0 Å². The lowest BCUT2D eigenvalue weighted by Crippen LogP contribution is -2.44. The third-order valence-electron chi connectivity index (χ3n) is 4.54. The molecule has 1 aliphatic heterocycles. The Hall–Kier alpha value is -1.35. The quantitative estimate of drug-likeness (QED) is 0.842. The van der Waals surface area contributed by atoms with Crippen molar-refractivity contribution in [3.63, 3.8) is 0 Å². The maximum atomic E-state index is 12.3. The summed E-state index contributed by atoms with van der Waals surface area (Å²) in [5, 5.41) is 3.30. The first kappa shape index (κ1) is 13.6. The molecule has 3 heteroatoms. The highest BCUT2D eigenvalue weighted by molar-refractivity contribution is 5.77. The van der Waals surface area contributed by atoms with Gasteiger partial charge < -0.3 is 10.1 Å². The Morgan fingerprint density at radius 2 is 2.05 bits per heavy atom.